The first-order chi connectivity index (χ1) is 10.0. The molecule has 4 nitrogen and oxygen atoms in total. The predicted molar refractivity (Wildman–Crippen MR) is 84.8 cm³/mol. The van der Waals surface area contributed by atoms with Crippen LogP contribution in [0.25, 0.3) is 0 Å². The number of hydrogen-bond donors (Lipinski definition) is 3. The molecule has 0 saturated heterocycles. The van der Waals surface area contributed by atoms with Gasteiger partial charge >= 0.3 is 0 Å². The molecule has 0 fully saturated rings. The Labute approximate surface area is 128 Å². The van der Waals surface area contributed by atoms with Crippen LogP contribution in [-0.4, -0.2) is 36.1 Å². The highest BCUT2D eigenvalue weighted by molar-refractivity contribution is 8.00. The van der Waals surface area contributed by atoms with Crippen molar-refractivity contribution in [3.05, 3.63) is 47.1 Å². The number of aliphatic hydroxyl groups is 1. The summed E-state index contributed by atoms with van der Waals surface area (Å²) in [6.07, 6.45) is 0.675. The van der Waals surface area contributed by atoms with E-state index >= 15 is 0 Å². The Balaban J connectivity index is 2.20. The summed E-state index contributed by atoms with van der Waals surface area (Å²) < 4.78 is 12.7. The lowest BCUT2D eigenvalue weighted by molar-refractivity contribution is -0.118. The third-order valence-electron chi connectivity index (χ3n) is 2.87. The van der Waals surface area contributed by atoms with Gasteiger partial charge in [0.15, 0.2) is 0 Å². The smallest absolute Gasteiger partial charge is 0.230 e. The van der Waals surface area contributed by atoms with E-state index < -0.39 is 0 Å². The number of rotatable bonds is 8. The number of hydrogen-bond acceptors (Lipinski definition) is 4. The van der Waals surface area contributed by atoms with Crippen molar-refractivity contribution < 1.29 is 14.3 Å². The monoisotopic (exact) mass is 312 g/mol. The summed E-state index contributed by atoms with van der Waals surface area (Å²) in [5.74, 6) is 0.827. The second-order valence-electron chi connectivity index (χ2n) is 4.53. The first kappa shape index (κ1) is 17.4. The number of benzene rings is 1. The summed E-state index contributed by atoms with van der Waals surface area (Å²) in [5.41, 5.74) is 1.71. The van der Waals surface area contributed by atoms with Gasteiger partial charge in [0.2, 0.25) is 5.91 Å². The Kier molecular flexibility index (Phi) is 7.68. The van der Waals surface area contributed by atoms with Gasteiger partial charge in [-0.1, -0.05) is 12.1 Å². The van der Waals surface area contributed by atoms with Crippen LogP contribution in [0.5, 0.6) is 0 Å². The molecule has 1 aromatic rings. The molecule has 1 aromatic carbocycles. The van der Waals surface area contributed by atoms with E-state index in [1.807, 2.05) is 0 Å². The lowest BCUT2D eigenvalue weighted by Crippen LogP contribution is -2.27. The van der Waals surface area contributed by atoms with Crippen LogP contribution in [-0.2, 0) is 11.2 Å². The Morgan fingerprint density at radius 2 is 1.95 bits per heavy atom. The van der Waals surface area contributed by atoms with Gasteiger partial charge in [0, 0.05) is 19.3 Å². The fourth-order valence-corrected chi connectivity index (χ4v) is 2.60. The molecule has 0 aromatic heterocycles. The van der Waals surface area contributed by atoms with E-state index in [0.717, 1.165) is 11.3 Å². The van der Waals surface area contributed by atoms with Crippen LogP contribution in [0.3, 0.4) is 0 Å². The molecular formula is C15H21FN2O2S. The van der Waals surface area contributed by atoms with Crippen LogP contribution in [0.15, 0.2) is 35.7 Å². The molecule has 6 heteroatoms. The third-order valence-corrected chi connectivity index (χ3v) is 3.83. The van der Waals surface area contributed by atoms with E-state index in [0.29, 0.717) is 24.5 Å². The van der Waals surface area contributed by atoms with Gasteiger partial charge in [-0.3, -0.25) is 4.79 Å². The van der Waals surface area contributed by atoms with E-state index in [-0.39, 0.29) is 17.5 Å². The number of halogens is 1. The Bertz CT molecular complexity index is 485. The van der Waals surface area contributed by atoms with Crippen molar-refractivity contribution in [1.29, 1.82) is 0 Å². The molecule has 0 unspecified atom stereocenters. The topological polar surface area (TPSA) is 61.4 Å². The van der Waals surface area contributed by atoms with Crippen LogP contribution in [0.1, 0.15) is 12.5 Å². The molecule has 3 N–H and O–H groups in total. The number of allylic oxidation sites excluding steroid dienone is 1. The minimum atomic E-state index is -0.258. The van der Waals surface area contributed by atoms with Gasteiger partial charge in [-0.2, -0.15) is 0 Å². The van der Waals surface area contributed by atoms with Gasteiger partial charge in [-0.25, -0.2) is 4.39 Å². The van der Waals surface area contributed by atoms with Gasteiger partial charge in [-0.05, 0) is 31.0 Å². The van der Waals surface area contributed by atoms with E-state index in [4.69, 9.17) is 0 Å². The number of nitrogens with one attached hydrogen (secondary N) is 2. The van der Waals surface area contributed by atoms with Crippen molar-refractivity contribution >= 4 is 17.7 Å². The molecule has 0 spiro atoms. The molecule has 0 bridgehead atoms. The lowest BCUT2D eigenvalue weighted by Gasteiger charge is -2.08. The largest absolute Gasteiger partial charge is 0.511 e. The van der Waals surface area contributed by atoms with Crippen molar-refractivity contribution in [2.75, 3.05) is 25.1 Å². The molecule has 0 atom stereocenters. The predicted octanol–water partition coefficient (Wildman–Crippen LogP) is 2.23. The Morgan fingerprint density at radius 3 is 2.52 bits per heavy atom. The Hall–Kier alpha value is -1.69. The van der Waals surface area contributed by atoms with Crippen molar-refractivity contribution in [3.63, 3.8) is 0 Å². The van der Waals surface area contributed by atoms with Gasteiger partial charge in [-0.15, -0.1) is 11.8 Å². The summed E-state index contributed by atoms with van der Waals surface area (Å²) in [6.45, 7) is 2.13. The van der Waals surface area contributed by atoms with Crippen LogP contribution < -0.4 is 10.6 Å². The number of amides is 1. The van der Waals surface area contributed by atoms with Gasteiger partial charge < -0.3 is 15.7 Å². The normalized spacial score (nSPS) is 11.8. The molecule has 0 aliphatic heterocycles. The molecular weight excluding hydrogens is 291 g/mol. The standard InChI is InChI=1S/C15H21FN2O2S/c1-11(19)14(17-2)9-21-10-15(20)18-8-7-12-3-5-13(16)6-4-12/h3-6,17,19H,7-10H2,1-2H3,(H,18,20)/b14-11-. The second kappa shape index (κ2) is 9.28. The minimum Gasteiger partial charge on any atom is -0.511 e. The fourth-order valence-electron chi connectivity index (χ4n) is 1.65. The maximum absolute atomic E-state index is 12.7. The van der Waals surface area contributed by atoms with E-state index in [1.165, 1.54) is 23.9 Å². The van der Waals surface area contributed by atoms with Crippen LogP contribution in [0, 0.1) is 5.82 Å². The average Bonchev–Trinajstić information content (AvgIpc) is 2.45. The second-order valence-corrected chi connectivity index (χ2v) is 5.52. The highest BCUT2D eigenvalue weighted by Gasteiger charge is 2.04. The van der Waals surface area contributed by atoms with Crippen molar-refractivity contribution in [3.8, 4) is 0 Å². The van der Waals surface area contributed by atoms with Crippen molar-refractivity contribution in [2.45, 2.75) is 13.3 Å². The molecule has 21 heavy (non-hydrogen) atoms. The van der Waals surface area contributed by atoms with Gasteiger partial charge in [0.25, 0.3) is 0 Å². The Morgan fingerprint density at radius 1 is 1.29 bits per heavy atom. The molecule has 116 valence electrons. The number of carbonyl (C=O) groups is 1. The first-order valence-corrected chi connectivity index (χ1v) is 7.83. The zero-order valence-corrected chi connectivity index (χ0v) is 13.1. The maximum atomic E-state index is 12.7. The maximum Gasteiger partial charge on any atom is 0.230 e. The third kappa shape index (κ3) is 7.04. The minimum absolute atomic E-state index is 0.0480. The highest BCUT2D eigenvalue weighted by atomic mass is 32.2. The zero-order valence-electron chi connectivity index (χ0n) is 12.3. The molecule has 0 aliphatic rings. The van der Waals surface area contributed by atoms with Crippen molar-refractivity contribution in [1.82, 2.24) is 10.6 Å². The van der Waals surface area contributed by atoms with Gasteiger partial charge in [0.1, 0.15) is 11.6 Å². The van der Waals surface area contributed by atoms with Gasteiger partial charge in [0.05, 0.1) is 11.4 Å². The van der Waals surface area contributed by atoms with Crippen LogP contribution in [0.2, 0.25) is 0 Å². The molecule has 1 amide bonds. The molecule has 0 saturated carbocycles. The summed E-state index contributed by atoms with van der Waals surface area (Å²) >= 11 is 1.43. The van der Waals surface area contributed by atoms with E-state index in [9.17, 15) is 14.3 Å². The molecule has 0 heterocycles. The summed E-state index contributed by atoms with van der Waals surface area (Å²) in [5, 5.41) is 15.0. The molecule has 0 radical (unpaired) electrons. The average molecular weight is 312 g/mol. The number of carbonyl (C=O) groups excluding carboxylic acids is 1. The van der Waals surface area contributed by atoms with Crippen LogP contribution in [0.4, 0.5) is 4.39 Å². The first-order valence-electron chi connectivity index (χ1n) is 6.68. The van der Waals surface area contributed by atoms with Crippen molar-refractivity contribution in [2.24, 2.45) is 0 Å². The van der Waals surface area contributed by atoms with E-state index in [1.54, 1.807) is 26.1 Å². The van der Waals surface area contributed by atoms with Crippen LogP contribution >= 0.6 is 11.8 Å². The summed E-state index contributed by atoms with van der Waals surface area (Å²) in [7, 11) is 1.73. The lowest BCUT2D eigenvalue weighted by atomic mass is 10.1. The number of thioether (sulfide) groups is 1. The van der Waals surface area contributed by atoms with E-state index in [2.05, 4.69) is 10.6 Å². The zero-order chi connectivity index (χ0) is 15.7. The highest BCUT2D eigenvalue weighted by Crippen LogP contribution is 2.08. The SMILES string of the molecule is CN/C(CSCC(=O)NCCc1ccc(F)cc1)=C(/C)O. The molecule has 0 aliphatic carbocycles. The quantitative estimate of drug-likeness (QED) is 0.644. The number of aliphatic hydroxyl groups excluding tert-OH is 1. The molecule has 1 rings (SSSR count). The fraction of sp³-hybridized carbons (Fsp3) is 0.400. The summed E-state index contributed by atoms with van der Waals surface area (Å²) in [6, 6.07) is 6.25. The summed E-state index contributed by atoms with van der Waals surface area (Å²) in [4.78, 5) is 11.6.